The average molecular weight is 504 g/mol. The van der Waals surface area contributed by atoms with E-state index in [1.807, 2.05) is 13.8 Å². The predicted molar refractivity (Wildman–Crippen MR) is 130 cm³/mol. The normalized spacial score (nSPS) is 18.5. The number of hydrogen-bond acceptors (Lipinski definition) is 2. The number of aromatic nitrogens is 1. The Bertz CT molecular complexity index is 1200. The fourth-order valence-corrected chi connectivity index (χ4v) is 5.14. The number of fused-ring (bicyclic) bond motifs is 1. The van der Waals surface area contributed by atoms with E-state index in [1.165, 1.54) is 12.1 Å². The van der Waals surface area contributed by atoms with E-state index in [0.29, 0.717) is 28.8 Å². The van der Waals surface area contributed by atoms with Gasteiger partial charge in [-0.15, -0.1) is 0 Å². The van der Waals surface area contributed by atoms with Crippen molar-refractivity contribution in [3.8, 4) is 11.1 Å². The molecule has 1 aliphatic rings. The molecular weight excluding hydrogens is 473 g/mol. The molecule has 36 heavy (non-hydrogen) atoms. The van der Waals surface area contributed by atoms with Gasteiger partial charge in [0.15, 0.2) is 6.17 Å². The third-order valence-electron chi connectivity index (χ3n) is 6.93. The molecule has 192 valence electrons. The summed E-state index contributed by atoms with van der Waals surface area (Å²) in [6, 6.07) is 9.66. The number of hydrogen-bond donors (Lipinski definition) is 1. The maximum absolute atomic E-state index is 16.4. The zero-order chi connectivity index (χ0) is 26.2. The lowest BCUT2D eigenvalue weighted by Crippen LogP contribution is -2.13. The van der Waals surface area contributed by atoms with Crippen LogP contribution < -0.4 is 0 Å². The molecule has 3 aromatic rings. The fourth-order valence-electron chi connectivity index (χ4n) is 5.14. The smallest absolute Gasteiger partial charge is 0.388 e. The van der Waals surface area contributed by atoms with Crippen molar-refractivity contribution >= 4 is 0 Å². The van der Waals surface area contributed by atoms with Gasteiger partial charge in [0, 0.05) is 17.0 Å². The minimum absolute atomic E-state index is 0.0184. The number of alkyl halides is 4. The largest absolute Gasteiger partial charge is 0.416 e. The molecule has 3 atom stereocenters. The van der Waals surface area contributed by atoms with Crippen molar-refractivity contribution in [2.24, 2.45) is 0 Å². The van der Waals surface area contributed by atoms with Crippen LogP contribution in [-0.2, 0) is 6.18 Å². The van der Waals surface area contributed by atoms with Crippen LogP contribution in [0.25, 0.3) is 11.1 Å². The molecule has 2 aromatic carbocycles. The van der Waals surface area contributed by atoms with Gasteiger partial charge in [-0.2, -0.15) is 13.2 Å². The van der Waals surface area contributed by atoms with Crippen LogP contribution in [0.15, 0.2) is 48.5 Å². The van der Waals surface area contributed by atoms with Crippen LogP contribution in [0.1, 0.15) is 104 Å². The quantitative estimate of drug-likeness (QED) is 0.327. The van der Waals surface area contributed by atoms with Gasteiger partial charge in [-0.25, -0.2) is 8.78 Å². The Morgan fingerprint density at radius 2 is 1.67 bits per heavy atom. The van der Waals surface area contributed by atoms with Gasteiger partial charge in [0.25, 0.3) is 0 Å². The van der Waals surface area contributed by atoms with E-state index in [1.54, 1.807) is 12.1 Å². The molecule has 7 heteroatoms. The number of aliphatic hydroxyl groups excluding tert-OH is 1. The number of nitrogens with zero attached hydrogens (tertiary/aromatic N) is 1. The summed E-state index contributed by atoms with van der Waals surface area (Å²) in [5.41, 5.74) is 2.19. The Labute approximate surface area is 208 Å². The molecule has 4 rings (SSSR count). The number of halogens is 5. The minimum atomic E-state index is -4.53. The van der Waals surface area contributed by atoms with Crippen LogP contribution in [-0.4, -0.2) is 10.1 Å². The molecular formula is C29H30F5NO. The van der Waals surface area contributed by atoms with Crippen LogP contribution in [0.5, 0.6) is 0 Å². The highest BCUT2D eigenvalue weighted by Gasteiger charge is 2.38. The molecule has 0 radical (unpaired) electrons. The molecule has 0 saturated heterocycles. The van der Waals surface area contributed by atoms with E-state index in [2.05, 4.69) is 6.92 Å². The van der Waals surface area contributed by atoms with Crippen molar-refractivity contribution < 1.29 is 27.1 Å². The van der Waals surface area contributed by atoms with E-state index < -0.39 is 29.8 Å². The summed E-state index contributed by atoms with van der Waals surface area (Å²) in [4.78, 5) is 4.89. The lowest BCUT2D eigenvalue weighted by Gasteiger charge is -2.25. The Morgan fingerprint density at radius 1 is 1.03 bits per heavy atom. The molecule has 0 bridgehead atoms. The van der Waals surface area contributed by atoms with Crippen molar-refractivity contribution in [3.63, 3.8) is 0 Å². The molecule has 0 spiro atoms. The van der Waals surface area contributed by atoms with E-state index in [4.69, 9.17) is 4.98 Å². The number of pyridine rings is 1. The summed E-state index contributed by atoms with van der Waals surface area (Å²) in [6.45, 7) is 5.86. The molecule has 1 aliphatic carbocycles. The molecule has 0 amide bonds. The van der Waals surface area contributed by atoms with E-state index in [-0.39, 0.29) is 23.0 Å². The number of benzene rings is 2. The maximum Gasteiger partial charge on any atom is 0.416 e. The van der Waals surface area contributed by atoms with Crippen LogP contribution in [0.3, 0.4) is 0 Å². The SMILES string of the molecule is CCCCC1CC(O)c2c1nc(C(C)C)c(C(F)c1ccc(C(F)(F)F)cc1)c2-c1ccc(F)cc1. The van der Waals surface area contributed by atoms with Gasteiger partial charge < -0.3 is 5.11 Å². The fraction of sp³-hybridized carbons (Fsp3) is 0.414. The van der Waals surface area contributed by atoms with Gasteiger partial charge >= 0.3 is 6.18 Å². The summed E-state index contributed by atoms with van der Waals surface area (Å²) in [5, 5.41) is 11.1. The predicted octanol–water partition coefficient (Wildman–Crippen LogP) is 8.80. The zero-order valence-corrected chi connectivity index (χ0v) is 20.5. The second-order valence-corrected chi connectivity index (χ2v) is 9.82. The first-order valence-corrected chi connectivity index (χ1v) is 12.4. The molecule has 0 fully saturated rings. The molecule has 0 saturated carbocycles. The highest BCUT2D eigenvalue weighted by molar-refractivity contribution is 5.75. The van der Waals surface area contributed by atoms with Crippen LogP contribution in [0, 0.1) is 5.82 Å². The third kappa shape index (κ3) is 5.03. The Kier molecular flexibility index (Phi) is 7.51. The zero-order valence-electron chi connectivity index (χ0n) is 20.5. The Morgan fingerprint density at radius 3 is 2.22 bits per heavy atom. The summed E-state index contributed by atoms with van der Waals surface area (Å²) in [6.07, 6.45) is -3.93. The molecule has 0 aliphatic heterocycles. The van der Waals surface area contributed by atoms with Crippen molar-refractivity contribution in [1.82, 2.24) is 4.98 Å². The second kappa shape index (κ2) is 10.3. The van der Waals surface area contributed by atoms with Gasteiger partial charge in [-0.05, 0) is 59.7 Å². The maximum atomic E-state index is 16.4. The van der Waals surface area contributed by atoms with Gasteiger partial charge in [-0.3, -0.25) is 4.98 Å². The average Bonchev–Trinajstić information content (AvgIpc) is 3.16. The molecule has 1 N–H and O–H groups in total. The molecule has 2 nitrogen and oxygen atoms in total. The van der Waals surface area contributed by atoms with E-state index in [9.17, 15) is 22.7 Å². The summed E-state index contributed by atoms with van der Waals surface area (Å²) < 4.78 is 69.4. The lowest BCUT2D eigenvalue weighted by atomic mass is 9.85. The molecule has 1 heterocycles. The standard InChI is InChI=1S/C29H30F5NO/c1-4-5-6-19-15-22(36)24-23(17-9-13-21(30)14-10-17)25(27(16(2)3)35-28(19)24)26(31)18-7-11-20(12-8-18)29(32,33)34/h7-14,16,19,22,26,36H,4-6,15H2,1-3H3. The summed E-state index contributed by atoms with van der Waals surface area (Å²) in [5.74, 6) is -0.623. The Balaban J connectivity index is 1.96. The number of rotatable bonds is 7. The molecule has 1 aromatic heterocycles. The Hall–Kier alpha value is -2.80. The van der Waals surface area contributed by atoms with Crippen molar-refractivity contribution in [1.29, 1.82) is 0 Å². The van der Waals surface area contributed by atoms with Crippen molar-refractivity contribution in [3.05, 3.63) is 88.0 Å². The van der Waals surface area contributed by atoms with Crippen molar-refractivity contribution in [2.75, 3.05) is 0 Å². The molecule has 3 unspecified atom stereocenters. The topological polar surface area (TPSA) is 33.1 Å². The first-order valence-electron chi connectivity index (χ1n) is 12.4. The van der Waals surface area contributed by atoms with Crippen LogP contribution >= 0.6 is 0 Å². The highest BCUT2D eigenvalue weighted by atomic mass is 19.4. The first kappa shape index (κ1) is 26.3. The number of unbranched alkanes of at least 4 members (excludes halogenated alkanes) is 1. The van der Waals surface area contributed by atoms with E-state index >= 15 is 4.39 Å². The summed E-state index contributed by atoms with van der Waals surface area (Å²) in [7, 11) is 0. The van der Waals surface area contributed by atoms with Gasteiger partial charge in [0.2, 0.25) is 0 Å². The van der Waals surface area contributed by atoms with Crippen LogP contribution in [0.4, 0.5) is 22.0 Å². The van der Waals surface area contributed by atoms with Crippen molar-refractivity contribution in [2.45, 2.75) is 76.7 Å². The highest BCUT2D eigenvalue weighted by Crippen LogP contribution is 2.51. The lowest BCUT2D eigenvalue weighted by molar-refractivity contribution is -0.137. The first-order chi connectivity index (χ1) is 17.0. The van der Waals surface area contributed by atoms with E-state index in [0.717, 1.165) is 49.2 Å². The second-order valence-electron chi connectivity index (χ2n) is 9.82. The van der Waals surface area contributed by atoms with Gasteiger partial charge in [-0.1, -0.05) is 57.9 Å². The summed E-state index contributed by atoms with van der Waals surface area (Å²) >= 11 is 0. The number of aliphatic hydroxyl groups is 1. The monoisotopic (exact) mass is 503 g/mol. The minimum Gasteiger partial charge on any atom is -0.388 e. The van der Waals surface area contributed by atoms with Gasteiger partial charge in [0.05, 0.1) is 23.1 Å². The van der Waals surface area contributed by atoms with Gasteiger partial charge in [0.1, 0.15) is 5.82 Å². The third-order valence-corrected chi connectivity index (χ3v) is 6.93. The van der Waals surface area contributed by atoms with Crippen LogP contribution in [0.2, 0.25) is 0 Å².